The van der Waals surface area contributed by atoms with Crippen molar-refractivity contribution in [1.29, 1.82) is 0 Å². The van der Waals surface area contributed by atoms with Crippen molar-refractivity contribution >= 4 is 27.6 Å². The zero-order valence-electron chi connectivity index (χ0n) is 28.9. The van der Waals surface area contributed by atoms with Crippen molar-refractivity contribution in [2.75, 3.05) is 0 Å². The number of fused-ring (bicyclic) bond motifs is 7. The second-order valence-corrected chi connectivity index (χ2v) is 19.2. The van der Waals surface area contributed by atoms with Crippen molar-refractivity contribution in [2.24, 2.45) is 0 Å². The molecule has 0 spiro atoms. The van der Waals surface area contributed by atoms with Gasteiger partial charge in [0.25, 0.3) is 0 Å². The number of benzene rings is 6. The van der Waals surface area contributed by atoms with Gasteiger partial charge in [-0.15, -0.1) is 0 Å². The molecule has 0 fully saturated rings. The monoisotopic (exact) mass is 742 g/mol. The minimum Gasteiger partial charge on any atom is -1.00 e. The summed E-state index contributed by atoms with van der Waals surface area (Å²) in [6.07, 6.45) is 2.54. The SMILES string of the molecule is CC1=Cc2c(-c3cc4ccccc4c4ccccc34)cccc2[CH]1[Zr+2][CH]1c2cc(C(C)(C)C)ccc2-c2ccc(C(C)(C)C)cc21.[Cl-].[Cl-]. The number of halogens is 2. The minimum absolute atomic E-state index is 0. The van der Waals surface area contributed by atoms with Crippen molar-refractivity contribution in [1.82, 2.24) is 0 Å². The van der Waals surface area contributed by atoms with E-state index >= 15 is 0 Å². The molecule has 1 atom stereocenters. The fourth-order valence-corrected chi connectivity index (χ4v) is 12.6. The van der Waals surface area contributed by atoms with Crippen LogP contribution in [0.3, 0.4) is 0 Å². The molecular formula is C45H42Cl2Zr. The van der Waals surface area contributed by atoms with Crippen LogP contribution in [0.4, 0.5) is 0 Å². The fourth-order valence-electron chi connectivity index (χ4n) is 7.83. The first-order valence-corrected chi connectivity index (χ1v) is 19.6. The second-order valence-electron chi connectivity index (χ2n) is 15.5. The Morgan fingerprint density at radius 1 is 0.479 bits per heavy atom. The summed E-state index contributed by atoms with van der Waals surface area (Å²) in [4.78, 5) is 0. The van der Waals surface area contributed by atoms with Gasteiger partial charge in [0.05, 0.1) is 0 Å². The zero-order chi connectivity index (χ0) is 32.0. The maximum atomic E-state index is 2.57. The Morgan fingerprint density at radius 2 is 1.04 bits per heavy atom. The zero-order valence-corrected chi connectivity index (χ0v) is 32.9. The molecule has 0 aliphatic heterocycles. The van der Waals surface area contributed by atoms with E-state index in [-0.39, 0.29) is 35.6 Å². The second kappa shape index (κ2) is 12.7. The molecule has 0 saturated carbocycles. The Balaban J connectivity index is 0.00000201. The number of allylic oxidation sites excluding steroid dienone is 1. The van der Waals surface area contributed by atoms with Crippen molar-refractivity contribution in [3.63, 3.8) is 0 Å². The van der Waals surface area contributed by atoms with Crippen LogP contribution >= 0.6 is 0 Å². The molecule has 0 amide bonds. The van der Waals surface area contributed by atoms with Gasteiger partial charge in [-0.25, -0.2) is 0 Å². The normalized spacial score (nSPS) is 15.2. The molecule has 0 nitrogen and oxygen atoms in total. The van der Waals surface area contributed by atoms with Gasteiger partial charge < -0.3 is 24.8 Å². The molecule has 6 aromatic rings. The van der Waals surface area contributed by atoms with E-state index in [0.717, 1.165) is 0 Å². The first-order valence-electron chi connectivity index (χ1n) is 16.8. The van der Waals surface area contributed by atoms with Gasteiger partial charge >= 0.3 is 288 Å². The molecule has 0 aromatic heterocycles. The van der Waals surface area contributed by atoms with Crippen molar-refractivity contribution in [2.45, 2.75) is 66.5 Å². The van der Waals surface area contributed by atoms with Crippen molar-refractivity contribution < 1.29 is 48.0 Å². The Morgan fingerprint density at radius 3 is 1.65 bits per heavy atom. The third-order valence-corrected chi connectivity index (χ3v) is 15.5. The summed E-state index contributed by atoms with van der Waals surface area (Å²) >= 11 is -1.06. The summed E-state index contributed by atoms with van der Waals surface area (Å²) in [6.45, 7) is 16.5. The van der Waals surface area contributed by atoms with Gasteiger partial charge in [0, 0.05) is 0 Å². The van der Waals surface area contributed by atoms with Gasteiger partial charge in [0.1, 0.15) is 0 Å². The molecule has 2 aliphatic carbocycles. The molecule has 0 N–H and O–H groups in total. The van der Waals surface area contributed by atoms with Crippen LogP contribution in [0.25, 0.3) is 49.9 Å². The van der Waals surface area contributed by atoms with Gasteiger partial charge in [-0.2, -0.15) is 0 Å². The summed E-state index contributed by atoms with van der Waals surface area (Å²) in [6, 6.07) is 42.1. The molecule has 1 unspecified atom stereocenters. The van der Waals surface area contributed by atoms with Crippen LogP contribution in [0.2, 0.25) is 0 Å². The van der Waals surface area contributed by atoms with E-state index in [4.69, 9.17) is 0 Å². The maximum Gasteiger partial charge on any atom is -1.00 e. The Kier molecular flexibility index (Phi) is 9.26. The molecule has 8 rings (SSSR count). The smallest absolute Gasteiger partial charge is 1.00 e. The molecule has 0 radical (unpaired) electrons. The number of hydrogen-bond acceptors (Lipinski definition) is 0. The van der Waals surface area contributed by atoms with E-state index < -0.39 is 23.2 Å². The van der Waals surface area contributed by atoms with Crippen molar-refractivity contribution in [3.8, 4) is 22.3 Å². The molecule has 2 aliphatic rings. The molecule has 3 heteroatoms. The van der Waals surface area contributed by atoms with Gasteiger partial charge in [0.15, 0.2) is 0 Å². The number of rotatable bonds is 3. The molecule has 0 bridgehead atoms. The van der Waals surface area contributed by atoms with Crippen LogP contribution in [0.15, 0.2) is 115 Å². The quantitative estimate of drug-likeness (QED) is 0.180. The summed E-state index contributed by atoms with van der Waals surface area (Å²) in [5.41, 5.74) is 16.5. The molecule has 0 saturated heterocycles. The summed E-state index contributed by atoms with van der Waals surface area (Å²) in [5.74, 6) is 0. The Bertz CT molecular complexity index is 2160. The van der Waals surface area contributed by atoms with Crippen LogP contribution in [-0.4, -0.2) is 0 Å². The summed E-state index contributed by atoms with van der Waals surface area (Å²) in [5, 5.41) is 5.32. The Hall–Kier alpha value is -2.96. The van der Waals surface area contributed by atoms with Crippen LogP contribution in [0.5, 0.6) is 0 Å². The van der Waals surface area contributed by atoms with Crippen LogP contribution < -0.4 is 24.8 Å². The topological polar surface area (TPSA) is 0 Å². The minimum atomic E-state index is -1.06. The van der Waals surface area contributed by atoms with E-state index in [2.05, 4.69) is 164 Å². The third-order valence-electron chi connectivity index (χ3n) is 10.4. The molecule has 240 valence electrons. The standard InChI is InChI=1S/C24H17.C21H25.2ClH.Zr/c1-16-13-17-8-6-12-22(23(17)14-16)24-15-18-7-2-3-9-19(18)20-10-4-5-11-21(20)24;1-20(2,3)16-7-9-18-14(12-16)11-15-13-17(21(4,5)6)8-10-19(15)18;;;/h2-15H,1H3;7-13H,1-6H3;2*1H;/q;;;;+2/p-2. The van der Waals surface area contributed by atoms with E-state index in [9.17, 15) is 0 Å². The van der Waals surface area contributed by atoms with Crippen LogP contribution in [0, 0.1) is 0 Å². The predicted molar refractivity (Wildman–Crippen MR) is 194 cm³/mol. The molecule has 6 aromatic carbocycles. The first kappa shape index (κ1) is 34.9. The summed E-state index contributed by atoms with van der Waals surface area (Å²) in [7, 11) is 0. The molecule has 48 heavy (non-hydrogen) atoms. The van der Waals surface area contributed by atoms with Gasteiger partial charge in [0.2, 0.25) is 0 Å². The average Bonchev–Trinajstić information content (AvgIpc) is 3.53. The van der Waals surface area contributed by atoms with Crippen molar-refractivity contribution in [3.05, 3.63) is 148 Å². The Labute approximate surface area is 310 Å². The van der Waals surface area contributed by atoms with Gasteiger partial charge in [-0.05, 0) is 0 Å². The van der Waals surface area contributed by atoms with E-state index in [1.165, 1.54) is 60.5 Å². The first-order chi connectivity index (χ1) is 22.0. The fraction of sp³-hybridized carbons (Fsp3) is 0.244. The summed E-state index contributed by atoms with van der Waals surface area (Å²) < 4.78 is 1.08. The maximum absolute atomic E-state index is 2.57. The molecular weight excluding hydrogens is 703 g/mol. The third kappa shape index (κ3) is 5.75. The predicted octanol–water partition coefficient (Wildman–Crippen LogP) is 6.57. The van der Waals surface area contributed by atoms with Crippen LogP contribution in [-0.2, 0) is 34.1 Å². The number of hydrogen-bond donors (Lipinski definition) is 0. The van der Waals surface area contributed by atoms with E-state index in [1.807, 2.05) is 0 Å². The van der Waals surface area contributed by atoms with E-state index in [1.54, 1.807) is 22.3 Å². The van der Waals surface area contributed by atoms with Gasteiger partial charge in [-0.3, -0.25) is 0 Å². The van der Waals surface area contributed by atoms with Crippen LogP contribution in [0.1, 0.15) is 89.1 Å². The average molecular weight is 745 g/mol. The van der Waals surface area contributed by atoms with E-state index in [0.29, 0.717) is 7.25 Å². The van der Waals surface area contributed by atoms with Gasteiger partial charge in [-0.1, -0.05) is 0 Å². The largest absolute Gasteiger partial charge is 1.00 e. The molecule has 0 heterocycles.